The average molecular weight is 234 g/mol. The van der Waals surface area contributed by atoms with Crippen molar-refractivity contribution in [2.75, 3.05) is 20.3 Å². The number of methoxy groups -OCH3 is 1. The number of aryl methyl sites for hydroxylation is 2. The molecule has 0 bridgehead atoms. The number of hydrogen-bond donors (Lipinski definition) is 1. The Balaban J connectivity index is 2.87. The van der Waals surface area contributed by atoms with Crippen LogP contribution < -0.4 is 4.72 Å². The van der Waals surface area contributed by atoms with Crippen LogP contribution in [0.3, 0.4) is 0 Å². The van der Waals surface area contributed by atoms with Crippen molar-refractivity contribution in [3.05, 3.63) is 11.5 Å². The minimum atomic E-state index is -3.54. The number of ether oxygens (including phenoxy) is 1. The van der Waals surface area contributed by atoms with Crippen LogP contribution in [0.25, 0.3) is 0 Å². The summed E-state index contributed by atoms with van der Waals surface area (Å²) in [6.07, 6.45) is 0. The van der Waals surface area contributed by atoms with Crippen molar-refractivity contribution in [1.29, 1.82) is 0 Å². The zero-order valence-electron chi connectivity index (χ0n) is 8.90. The highest BCUT2D eigenvalue weighted by Crippen LogP contribution is 2.17. The van der Waals surface area contributed by atoms with Crippen LogP contribution >= 0.6 is 0 Å². The van der Waals surface area contributed by atoms with Crippen LogP contribution in [0, 0.1) is 13.8 Å². The number of sulfonamides is 1. The van der Waals surface area contributed by atoms with E-state index < -0.39 is 10.0 Å². The summed E-state index contributed by atoms with van der Waals surface area (Å²) in [7, 11) is -2.03. The highest BCUT2D eigenvalue weighted by atomic mass is 32.2. The number of nitrogens with one attached hydrogen (secondary N) is 1. The second kappa shape index (κ2) is 4.73. The number of rotatable bonds is 5. The van der Waals surface area contributed by atoms with Gasteiger partial charge >= 0.3 is 0 Å². The van der Waals surface area contributed by atoms with Gasteiger partial charge < -0.3 is 9.26 Å². The summed E-state index contributed by atoms with van der Waals surface area (Å²) < 4.78 is 35.4. The summed E-state index contributed by atoms with van der Waals surface area (Å²) in [5.74, 6) is 0.289. The van der Waals surface area contributed by atoms with Crippen molar-refractivity contribution < 1.29 is 17.7 Å². The van der Waals surface area contributed by atoms with Crippen LogP contribution in [0.1, 0.15) is 11.5 Å². The van der Waals surface area contributed by atoms with Crippen molar-refractivity contribution in [1.82, 2.24) is 9.88 Å². The van der Waals surface area contributed by atoms with Crippen molar-refractivity contribution >= 4 is 10.0 Å². The third-order valence-electron chi connectivity index (χ3n) is 1.83. The molecule has 0 saturated carbocycles. The first-order chi connectivity index (χ1) is 6.99. The molecule has 0 aliphatic heterocycles. The molecule has 0 spiro atoms. The minimum absolute atomic E-state index is 0.110. The van der Waals surface area contributed by atoms with Crippen LogP contribution in [0.5, 0.6) is 0 Å². The molecule has 6 nitrogen and oxygen atoms in total. The fraction of sp³-hybridized carbons (Fsp3) is 0.625. The molecule has 15 heavy (non-hydrogen) atoms. The molecular weight excluding hydrogens is 220 g/mol. The van der Waals surface area contributed by atoms with Gasteiger partial charge in [-0.3, -0.25) is 0 Å². The summed E-state index contributed by atoms with van der Waals surface area (Å²) in [4.78, 5) is 0.110. The van der Waals surface area contributed by atoms with Gasteiger partial charge in [-0.15, -0.1) is 0 Å². The summed E-state index contributed by atoms with van der Waals surface area (Å²) in [5, 5.41) is 3.59. The number of hydrogen-bond acceptors (Lipinski definition) is 5. The van der Waals surface area contributed by atoms with Crippen LogP contribution in [-0.4, -0.2) is 33.8 Å². The Bertz CT molecular complexity index is 404. The lowest BCUT2D eigenvalue weighted by Gasteiger charge is -2.04. The normalized spacial score (nSPS) is 11.9. The van der Waals surface area contributed by atoms with Gasteiger partial charge in [0.25, 0.3) is 0 Å². The largest absolute Gasteiger partial charge is 0.383 e. The predicted octanol–water partition coefficient (Wildman–Crippen LogP) is 0.216. The van der Waals surface area contributed by atoms with Crippen molar-refractivity contribution in [2.45, 2.75) is 18.7 Å². The van der Waals surface area contributed by atoms with Crippen molar-refractivity contribution in [2.24, 2.45) is 0 Å². The van der Waals surface area contributed by atoms with Crippen LogP contribution in [0.2, 0.25) is 0 Å². The van der Waals surface area contributed by atoms with Crippen LogP contribution in [-0.2, 0) is 14.8 Å². The number of aromatic nitrogens is 1. The van der Waals surface area contributed by atoms with Gasteiger partial charge in [0.15, 0.2) is 5.76 Å². The summed E-state index contributed by atoms with van der Waals surface area (Å²) >= 11 is 0. The van der Waals surface area contributed by atoms with Gasteiger partial charge in [-0.25, -0.2) is 13.1 Å². The van der Waals surface area contributed by atoms with E-state index in [1.807, 2.05) is 0 Å². The lowest BCUT2D eigenvalue weighted by atomic mass is 10.4. The summed E-state index contributed by atoms with van der Waals surface area (Å²) in [6.45, 7) is 3.69. The molecule has 0 aliphatic carbocycles. The second-order valence-electron chi connectivity index (χ2n) is 3.04. The Morgan fingerprint density at radius 1 is 1.47 bits per heavy atom. The first-order valence-electron chi connectivity index (χ1n) is 4.40. The van der Waals surface area contributed by atoms with Gasteiger partial charge in [-0.2, -0.15) is 0 Å². The molecule has 1 rings (SSSR count). The molecule has 1 aromatic rings. The second-order valence-corrected chi connectivity index (χ2v) is 4.75. The predicted molar refractivity (Wildman–Crippen MR) is 53.0 cm³/mol. The summed E-state index contributed by atoms with van der Waals surface area (Å²) in [5.41, 5.74) is 0.359. The fourth-order valence-corrected chi connectivity index (χ4v) is 2.55. The Hall–Kier alpha value is -0.920. The van der Waals surface area contributed by atoms with Gasteiger partial charge in [0, 0.05) is 13.7 Å². The maximum absolute atomic E-state index is 11.7. The number of nitrogens with zero attached hydrogens (tertiary/aromatic N) is 1. The Morgan fingerprint density at radius 3 is 2.60 bits per heavy atom. The van der Waals surface area contributed by atoms with Crippen LogP contribution in [0.15, 0.2) is 9.42 Å². The topological polar surface area (TPSA) is 81.4 Å². The van der Waals surface area contributed by atoms with E-state index in [1.54, 1.807) is 13.8 Å². The molecule has 0 fully saturated rings. The highest BCUT2D eigenvalue weighted by Gasteiger charge is 2.23. The van der Waals surface area contributed by atoms with Gasteiger partial charge in [0.1, 0.15) is 10.6 Å². The van der Waals surface area contributed by atoms with Gasteiger partial charge in [-0.05, 0) is 13.8 Å². The van der Waals surface area contributed by atoms with Gasteiger partial charge in [-0.1, -0.05) is 5.16 Å². The third kappa shape index (κ3) is 2.77. The first kappa shape index (κ1) is 12.2. The molecule has 0 amide bonds. The molecule has 0 aromatic carbocycles. The monoisotopic (exact) mass is 234 g/mol. The Morgan fingerprint density at radius 2 is 2.13 bits per heavy atom. The van der Waals surface area contributed by atoms with E-state index in [-0.39, 0.29) is 17.2 Å². The smallest absolute Gasteiger partial charge is 0.246 e. The maximum Gasteiger partial charge on any atom is 0.246 e. The molecule has 0 atom stereocenters. The molecule has 7 heteroatoms. The molecule has 0 saturated heterocycles. The van der Waals surface area contributed by atoms with E-state index in [1.165, 1.54) is 7.11 Å². The van der Waals surface area contributed by atoms with E-state index in [0.29, 0.717) is 12.3 Å². The third-order valence-corrected chi connectivity index (χ3v) is 3.54. The molecule has 0 radical (unpaired) electrons. The van der Waals surface area contributed by atoms with Gasteiger partial charge in [0.2, 0.25) is 10.0 Å². The Kier molecular flexibility index (Phi) is 3.83. The molecule has 86 valence electrons. The SMILES string of the molecule is COCCNS(=O)(=O)c1c(C)noc1C. The van der Waals surface area contributed by atoms with Crippen molar-refractivity contribution in [3.8, 4) is 0 Å². The average Bonchev–Trinajstić information content (AvgIpc) is 2.46. The standard InChI is InChI=1S/C8H14N2O4S/c1-6-8(7(2)14-10-6)15(11,12)9-4-5-13-3/h9H,4-5H2,1-3H3. The fourth-order valence-electron chi connectivity index (χ4n) is 1.21. The quantitative estimate of drug-likeness (QED) is 0.737. The van der Waals surface area contributed by atoms with Crippen molar-refractivity contribution in [3.63, 3.8) is 0 Å². The molecule has 1 N–H and O–H groups in total. The maximum atomic E-state index is 11.7. The van der Waals surface area contributed by atoms with E-state index in [9.17, 15) is 8.42 Å². The lowest BCUT2D eigenvalue weighted by molar-refractivity contribution is 0.204. The summed E-state index contributed by atoms with van der Waals surface area (Å²) in [6, 6.07) is 0. The molecular formula is C8H14N2O4S. The van der Waals surface area contributed by atoms with E-state index in [4.69, 9.17) is 9.26 Å². The molecule has 1 heterocycles. The molecule has 0 unspecified atom stereocenters. The zero-order valence-corrected chi connectivity index (χ0v) is 9.72. The Labute approximate surface area is 88.6 Å². The van der Waals surface area contributed by atoms with Crippen LogP contribution in [0.4, 0.5) is 0 Å². The lowest BCUT2D eigenvalue weighted by Crippen LogP contribution is -2.27. The van der Waals surface area contributed by atoms with E-state index in [2.05, 4.69) is 9.88 Å². The zero-order chi connectivity index (χ0) is 11.5. The van der Waals surface area contributed by atoms with E-state index in [0.717, 1.165) is 0 Å². The minimum Gasteiger partial charge on any atom is -0.383 e. The van der Waals surface area contributed by atoms with E-state index >= 15 is 0 Å². The molecule has 0 aliphatic rings. The van der Waals surface area contributed by atoms with Gasteiger partial charge in [0.05, 0.1) is 6.61 Å². The first-order valence-corrected chi connectivity index (χ1v) is 5.89. The highest BCUT2D eigenvalue weighted by molar-refractivity contribution is 7.89. The molecule has 1 aromatic heterocycles.